The minimum absolute atomic E-state index is 0.0258. The van der Waals surface area contributed by atoms with Crippen LogP contribution in [0.1, 0.15) is 47.7 Å². The van der Waals surface area contributed by atoms with Crippen molar-refractivity contribution in [1.29, 1.82) is 0 Å². The number of thiophene rings is 1. The van der Waals surface area contributed by atoms with Crippen LogP contribution < -0.4 is 5.32 Å². The smallest absolute Gasteiger partial charge is 0.228 e. The second kappa shape index (κ2) is 6.32. The number of benzene rings is 1. The van der Waals surface area contributed by atoms with Crippen LogP contribution in [0.3, 0.4) is 0 Å². The normalized spacial score (nSPS) is 18.9. The van der Waals surface area contributed by atoms with Crippen molar-refractivity contribution in [2.45, 2.75) is 38.1 Å². The predicted octanol–water partition coefficient (Wildman–Crippen LogP) is 4.81. The van der Waals surface area contributed by atoms with Gasteiger partial charge in [-0.3, -0.25) is 4.79 Å². The molecule has 2 unspecified atom stereocenters. The van der Waals surface area contributed by atoms with E-state index in [1.54, 1.807) is 11.3 Å². The molecule has 0 saturated carbocycles. The van der Waals surface area contributed by atoms with E-state index < -0.39 is 0 Å². The molecule has 0 saturated heterocycles. The maximum Gasteiger partial charge on any atom is 0.228 e. The van der Waals surface area contributed by atoms with Gasteiger partial charge >= 0.3 is 0 Å². The van der Waals surface area contributed by atoms with Gasteiger partial charge in [0.05, 0.1) is 12.0 Å². The van der Waals surface area contributed by atoms with Gasteiger partial charge in [-0.1, -0.05) is 28.1 Å². The van der Waals surface area contributed by atoms with E-state index in [0.717, 1.165) is 29.3 Å². The minimum Gasteiger partial charge on any atom is -0.349 e. The molecule has 4 heteroatoms. The second-order valence-electron chi connectivity index (χ2n) is 5.53. The summed E-state index contributed by atoms with van der Waals surface area (Å²) in [6.07, 6.45) is 3.19. The standard InChI is InChI=1S/C17H18BrNOS/c1-11(12-5-7-13(18)8-6-12)19-17(20)15-3-2-4-16-14(15)9-10-21-16/h5-11,15H,2-4H2,1H3,(H,19,20). The lowest BCUT2D eigenvalue weighted by atomic mass is 9.87. The summed E-state index contributed by atoms with van der Waals surface area (Å²) in [7, 11) is 0. The minimum atomic E-state index is 0.0258. The molecule has 2 atom stereocenters. The molecule has 1 amide bonds. The van der Waals surface area contributed by atoms with E-state index in [1.807, 2.05) is 31.2 Å². The largest absolute Gasteiger partial charge is 0.349 e. The van der Waals surface area contributed by atoms with Crippen LogP contribution in [0.2, 0.25) is 0 Å². The molecular formula is C17H18BrNOS. The molecule has 0 radical (unpaired) electrons. The Morgan fingerprint density at radius 2 is 2.10 bits per heavy atom. The second-order valence-corrected chi connectivity index (χ2v) is 7.44. The van der Waals surface area contributed by atoms with Gasteiger partial charge in [0.25, 0.3) is 0 Å². The van der Waals surface area contributed by atoms with Crippen molar-refractivity contribution in [3.05, 3.63) is 56.2 Å². The average Bonchev–Trinajstić information content (AvgIpc) is 2.96. The number of halogens is 1. The van der Waals surface area contributed by atoms with Crippen molar-refractivity contribution in [3.8, 4) is 0 Å². The maximum absolute atomic E-state index is 12.6. The van der Waals surface area contributed by atoms with E-state index in [4.69, 9.17) is 0 Å². The molecule has 21 heavy (non-hydrogen) atoms. The lowest BCUT2D eigenvalue weighted by Gasteiger charge is -2.24. The fourth-order valence-electron chi connectivity index (χ4n) is 2.91. The molecule has 1 aliphatic rings. The number of amides is 1. The van der Waals surface area contributed by atoms with Crippen LogP contribution in [-0.2, 0) is 11.2 Å². The van der Waals surface area contributed by atoms with E-state index >= 15 is 0 Å². The first-order valence-electron chi connectivity index (χ1n) is 7.27. The van der Waals surface area contributed by atoms with E-state index in [2.05, 4.69) is 32.7 Å². The van der Waals surface area contributed by atoms with Gasteiger partial charge < -0.3 is 5.32 Å². The Morgan fingerprint density at radius 3 is 2.86 bits per heavy atom. The molecule has 1 N–H and O–H groups in total. The van der Waals surface area contributed by atoms with Crippen LogP contribution in [0, 0.1) is 0 Å². The molecule has 0 bridgehead atoms. The predicted molar refractivity (Wildman–Crippen MR) is 90.7 cm³/mol. The molecule has 0 aliphatic heterocycles. The van der Waals surface area contributed by atoms with Gasteiger partial charge in [-0.25, -0.2) is 0 Å². The Morgan fingerprint density at radius 1 is 1.33 bits per heavy atom. The van der Waals surface area contributed by atoms with Crippen LogP contribution in [0.25, 0.3) is 0 Å². The highest BCUT2D eigenvalue weighted by Gasteiger charge is 2.28. The van der Waals surface area contributed by atoms with Crippen LogP contribution >= 0.6 is 27.3 Å². The van der Waals surface area contributed by atoms with Crippen LogP contribution in [0.4, 0.5) is 0 Å². The van der Waals surface area contributed by atoms with Gasteiger partial charge in [-0.2, -0.15) is 0 Å². The Labute approximate surface area is 137 Å². The quantitative estimate of drug-likeness (QED) is 0.832. The zero-order valence-corrected chi connectivity index (χ0v) is 14.3. The zero-order valence-electron chi connectivity index (χ0n) is 11.9. The molecule has 3 rings (SSSR count). The molecule has 1 aromatic heterocycles. The third-order valence-electron chi connectivity index (χ3n) is 4.10. The highest BCUT2D eigenvalue weighted by molar-refractivity contribution is 9.10. The van der Waals surface area contributed by atoms with Crippen LogP contribution in [-0.4, -0.2) is 5.91 Å². The monoisotopic (exact) mass is 363 g/mol. The third-order valence-corrected chi connectivity index (χ3v) is 5.62. The number of rotatable bonds is 3. The topological polar surface area (TPSA) is 29.1 Å². The van der Waals surface area contributed by atoms with Crippen molar-refractivity contribution in [2.75, 3.05) is 0 Å². The molecule has 1 aliphatic carbocycles. The average molecular weight is 364 g/mol. The van der Waals surface area contributed by atoms with Crippen molar-refractivity contribution in [2.24, 2.45) is 0 Å². The van der Waals surface area contributed by atoms with Crippen molar-refractivity contribution in [3.63, 3.8) is 0 Å². The molecule has 1 heterocycles. The van der Waals surface area contributed by atoms with Gasteiger partial charge in [0.1, 0.15) is 0 Å². The number of nitrogens with one attached hydrogen (secondary N) is 1. The lowest BCUT2D eigenvalue weighted by Crippen LogP contribution is -2.32. The number of fused-ring (bicyclic) bond motifs is 1. The van der Waals surface area contributed by atoms with Crippen molar-refractivity contribution < 1.29 is 4.79 Å². The van der Waals surface area contributed by atoms with E-state index in [-0.39, 0.29) is 17.9 Å². The first-order chi connectivity index (χ1) is 10.1. The SMILES string of the molecule is CC(NC(=O)C1CCCc2sccc21)c1ccc(Br)cc1. The highest BCUT2D eigenvalue weighted by atomic mass is 79.9. The highest BCUT2D eigenvalue weighted by Crippen LogP contribution is 2.35. The van der Waals surface area contributed by atoms with Gasteiger partial charge in [-0.05, 0) is 60.9 Å². The first-order valence-corrected chi connectivity index (χ1v) is 8.94. The third kappa shape index (κ3) is 3.22. The number of carbonyl (C=O) groups excluding carboxylic acids is 1. The molecule has 0 spiro atoms. The Balaban J connectivity index is 1.71. The van der Waals surface area contributed by atoms with Gasteiger partial charge in [0.15, 0.2) is 0 Å². The molecule has 1 aromatic carbocycles. The fraction of sp³-hybridized carbons (Fsp3) is 0.353. The first kappa shape index (κ1) is 14.8. The summed E-state index contributed by atoms with van der Waals surface area (Å²) in [6, 6.07) is 10.3. The van der Waals surface area contributed by atoms with E-state index in [1.165, 1.54) is 10.4 Å². The Kier molecular flexibility index (Phi) is 4.45. The van der Waals surface area contributed by atoms with Crippen LogP contribution in [0.15, 0.2) is 40.2 Å². The number of aryl methyl sites for hydroxylation is 1. The zero-order chi connectivity index (χ0) is 14.8. The summed E-state index contributed by atoms with van der Waals surface area (Å²) in [5.41, 5.74) is 2.37. The number of hydrogen-bond donors (Lipinski definition) is 1. The van der Waals surface area contributed by atoms with Crippen molar-refractivity contribution >= 4 is 33.2 Å². The molecule has 0 fully saturated rings. The summed E-state index contributed by atoms with van der Waals surface area (Å²) in [5, 5.41) is 5.27. The summed E-state index contributed by atoms with van der Waals surface area (Å²) in [6.45, 7) is 2.04. The molecule has 2 aromatic rings. The van der Waals surface area contributed by atoms with Gasteiger partial charge in [0, 0.05) is 9.35 Å². The van der Waals surface area contributed by atoms with Crippen molar-refractivity contribution in [1.82, 2.24) is 5.32 Å². The molecule has 2 nitrogen and oxygen atoms in total. The van der Waals surface area contributed by atoms with E-state index in [9.17, 15) is 4.79 Å². The molecule has 110 valence electrons. The van der Waals surface area contributed by atoms with E-state index in [0.29, 0.717) is 0 Å². The number of hydrogen-bond acceptors (Lipinski definition) is 2. The Hall–Kier alpha value is -1.13. The maximum atomic E-state index is 12.6. The number of carbonyl (C=O) groups is 1. The van der Waals surface area contributed by atoms with Crippen LogP contribution in [0.5, 0.6) is 0 Å². The summed E-state index contributed by atoms with van der Waals surface area (Å²) >= 11 is 5.21. The lowest BCUT2D eigenvalue weighted by molar-refractivity contribution is -0.123. The molecular weight excluding hydrogens is 346 g/mol. The van der Waals surface area contributed by atoms with Gasteiger partial charge in [-0.15, -0.1) is 11.3 Å². The summed E-state index contributed by atoms with van der Waals surface area (Å²) in [5.74, 6) is 0.183. The fourth-order valence-corrected chi connectivity index (χ4v) is 4.16. The Bertz CT molecular complexity index is 634. The summed E-state index contributed by atoms with van der Waals surface area (Å²) < 4.78 is 1.06. The summed E-state index contributed by atoms with van der Waals surface area (Å²) in [4.78, 5) is 14.0. The van der Waals surface area contributed by atoms with Gasteiger partial charge in [0.2, 0.25) is 5.91 Å².